The lowest BCUT2D eigenvalue weighted by Crippen LogP contribution is -2.10. The molecule has 0 unspecified atom stereocenters. The molecule has 7 nitrogen and oxygen atoms in total. The van der Waals surface area contributed by atoms with Crippen LogP contribution in [0.5, 0.6) is 0 Å². The van der Waals surface area contributed by atoms with Crippen molar-refractivity contribution in [3.8, 4) is 11.3 Å². The lowest BCUT2D eigenvalue weighted by atomic mass is 10.1. The molecule has 4 rings (SSSR count). The van der Waals surface area contributed by atoms with Gasteiger partial charge in [0.15, 0.2) is 5.65 Å². The van der Waals surface area contributed by atoms with Crippen molar-refractivity contribution < 1.29 is 4.79 Å². The predicted octanol–water partition coefficient (Wildman–Crippen LogP) is 1.68. The zero-order valence-corrected chi connectivity index (χ0v) is 11.7. The van der Waals surface area contributed by atoms with E-state index in [0.717, 1.165) is 27.8 Å². The summed E-state index contributed by atoms with van der Waals surface area (Å²) >= 11 is 0. The molecule has 1 amide bonds. The first-order chi connectivity index (χ1) is 10.6. The Hall–Kier alpha value is -3.22. The number of carbonyl (C=O) groups is 1. The van der Waals surface area contributed by atoms with Gasteiger partial charge in [0.25, 0.3) is 0 Å². The van der Waals surface area contributed by atoms with Gasteiger partial charge in [0, 0.05) is 22.7 Å². The maximum Gasteiger partial charge on any atom is 0.248 e. The lowest BCUT2D eigenvalue weighted by Gasteiger charge is -2.00. The maximum absolute atomic E-state index is 11.4. The van der Waals surface area contributed by atoms with Crippen LogP contribution in [0.15, 0.2) is 36.5 Å². The smallest absolute Gasteiger partial charge is 0.248 e. The molecular formula is C15H12N6O. The van der Waals surface area contributed by atoms with Crippen LogP contribution in [0.2, 0.25) is 0 Å². The van der Waals surface area contributed by atoms with Gasteiger partial charge in [-0.1, -0.05) is 0 Å². The zero-order chi connectivity index (χ0) is 15.3. The Morgan fingerprint density at radius 3 is 2.95 bits per heavy atom. The first-order valence-corrected chi connectivity index (χ1v) is 6.73. The van der Waals surface area contributed by atoms with Gasteiger partial charge >= 0.3 is 0 Å². The minimum atomic E-state index is -0.462. The molecule has 3 aromatic heterocycles. The van der Waals surface area contributed by atoms with Gasteiger partial charge in [-0.3, -0.25) is 9.89 Å². The van der Waals surface area contributed by atoms with Crippen molar-refractivity contribution in [2.24, 2.45) is 5.73 Å². The number of nitrogens with two attached hydrogens (primary N) is 1. The number of aromatic amines is 1. The molecule has 3 N–H and O–H groups in total. The summed E-state index contributed by atoms with van der Waals surface area (Å²) in [6, 6.07) is 9.03. The summed E-state index contributed by atoms with van der Waals surface area (Å²) in [5, 5.41) is 12.4. The van der Waals surface area contributed by atoms with Crippen LogP contribution in [-0.2, 0) is 0 Å². The van der Waals surface area contributed by atoms with Gasteiger partial charge in [-0.2, -0.15) is 10.2 Å². The molecule has 0 atom stereocenters. The van der Waals surface area contributed by atoms with Gasteiger partial charge in [-0.05, 0) is 37.3 Å². The quantitative estimate of drug-likeness (QED) is 0.586. The van der Waals surface area contributed by atoms with Crippen LogP contribution in [0.4, 0.5) is 0 Å². The Kier molecular flexibility index (Phi) is 2.50. The number of pyridine rings is 1. The van der Waals surface area contributed by atoms with E-state index >= 15 is 0 Å². The standard InChI is InChI=1S/C15H12N6O/c1-8-17-13-5-3-10(7-21(13)20-8)14-11-6-9(15(16)22)2-4-12(11)18-19-14/h2-7H,1H3,(H2,16,22)(H,18,19). The molecule has 22 heavy (non-hydrogen) atoms. The number of nitrogens with zero attached hydrogens (tertiary/aromatic N) is 4. The summed E-state index contributed by atoms with van der Waals surface area (Å²) < 4.78 is 1.71. The summed E-state index contributed by atoms with van der Waals surface area (Å²) in [6.07, 6.45) is 1.86. The number of H-pyrrole nitrogens is 1. The molecule has 0 spiro atoms. The van der Waals surface area contributed by atoms with Crippen LogP contribution in [0.25, 0.3) is 27.8 Å². The molecule has 0 aliphatic heterocycles. The number of nitrogens with one attached hydrogen (secondary N) is 1. The van der Waals surface area contributed by atoms with E-state index in [0.29, 0.717) is 11.4 Å². The molecule has 0 fully saturated rings. The molecule has 0 saturated heterocycles. The second-order valence-electron chi connectivity index (χ2n) is 5.08. The summed E-state index contributed by atoms with van der Waals surface area (Å²) in [6.45, 7) is 1.84. The number of carbonyl (C=O) groups excluding carboxylic acids is 1. The molecule has 108 valence electrons. The average molecular weight is 292 g/mol. The van der Waals surface area contributed by atoms with Crippen LogP contribution in [0, 0.1) is 6.92 Å². The first-order valence-electron chi connectivity index (χ1n) is 6.73. The van der Waals surface area contributed by atoms with Crippen molar-refractivity contribution in [3.05, 3.63) is 47.9 Å². The third-order valence-electron chi connectivity index (χ3n) is 3.56. The van der Waals surface area contributed by atoms with Crippen LogP contribution in [0.1, 0.15) is 16.2 Å². The Bertz CT molecular complexity index is 1030. The van der Waals surface area contributed by atoms with Crippen LogP contribution >= 0.6 is 0 Å². The van der Waals surface area contributed by atoms with Crippen LogP contribution in [0.3, 0.4) is 0 Å². The fourth-order valence-electron chi connectivity index (χ4n) is 2.52. The van der Waals surface area contributed by atoms with Gasteiger partial charge in [-0.15, -0.1) is 0 Å². The van der Waals surface area contributed by atoms with Gasteiger partial charge in [0.2, 0.25) is 5.91 Å². The van der Waals surface area contributed by atoms with Crippen molar-refractivity contribution in [1.29, 1.82) is 0 Å². The van der Waals surface area contributed by atoms with Crippen LogP contribution < -0.4 is 5.73 Å². The van der Waals surface area contributed by atoms with E-state index in [1.165, 1.54) is 0 Å². The second-order valence-corrected chi connectivity index (χ2v) is 5.08. The first kappa shape index (κ1) is 12.5. The van der Waals surface area contributed by atoms with E-state index < -0.39 is 5.91 Å². The number of aromatic nitrogens is 5. The molecule has 0 saturated carbocycles. The number of fused-ring (bicyclic) bond motifs is 2. The molecule has 1 aromatic carbocycles. The minimum Gasteiger partial charge on any atom is -0.366 e. The molecule has 3 heterocycles. The number of primary amides is 1. The molecule has 0 radical (unpaired) electrons. The van der Waals surface area contributed by atoms with Gasteiger partial charge in [0.1, 0.15) is 11.5 Å². The Morgan fingerprint density at radius 2 is 2.14 bits per heavy atom. The van der Waals surface area contributed by atoms with Crippen LogP contribution in [-0.4, -0.2) is 30.7 Å². The molecule has 0 aliphatic carbocycles. The van der Waals surface area contributed by atoms with Crippen molar-refractivity contribution in [3.63, 3.8) is 0 Å². The number of hydrogen-bond acceptors (Lipinski definition) is 4. The number of rotatable bonds is 2. The Balaban J connectivity index is 1.94. The number of amides is 1. The highest BCUT2D eigenvalue weighted by Gasteiger charge is 2.12. The zero-order valence-electron chi connectivity index (χ0n) is 11.7. The fraction of sp³-hybridized carbons (Fsp3) is 0.0667. The van der Waals surface area contributed by atoms with E-state index in [9.17, 15) is 4.79 Å². The van der Waals surface area contributed by atoms with Gasteiger partial charge in [-0.25, -0.2) is 9.50 Å². The fourth-order valence-corrected chi connectivity index (χ4v) is 2.52. The number of benzene rings is 1. The third kappa shape index (κ3) is 1.83. The number of hydrogen-bond donors (Lipinski definition) is 2. The van der Waals surface area contributed by atoms with E-state index in [4.69, 9.17) is 5.73 Å². The topological polar surface area (TPSA) is 102 Å². The summed E-state index contributed by atoms with van der Waals surface area (Å²) in [4.78, 5) is 15.7. The largest absolute Gasteiger partial charge is 0.366 e. The van der Waals surface area contributed by atoms with Crippen molar-refractivity contribution >= 4 is 22.5 Å². The highest BCUT2D eigenvalue weighted by Crippen LogP contribution is 2.27. The average Bonchev–Trinajstić information content (AvgIpc) is 3.07. The second kappa shape index (κ2) is 4.39. The minimum absolute atomic E-state index is 0.452. The van der Waals surface area contributed by atoms with Crippen molar-refractivity contribution in [2.45, 2.75) is 6.92 Å². The monoisotopic (exact) mass is 292 g/mol. The normalized spacial score (nSPS) is 11.3. The van der Waals surface area contributed by atoms with E-state index in [1.54, 1.807) is 22.7 Å². The molecule has 0 bridgehead atoms. The SMILES string of the molecule is Cc1nc2ccc(-c3n[nH]c4ccc(C(N)=O)cc34)cn2n1. The van der Waals surface area contributed by atoms with E-state index in [-0.39, 0.29) is 0 Å². The Labute approximate surface area is 124 Å². The number of aryl methyl sites for hydroxylation is 1. The van der Waals surface area contributed by atoms with Gasteiger partial charge < -0.3 is 5.73 Å². The predicted molar refractivity (Wildman–Crippen MR) is 81.3 cm³/mol. The maximum atomic E-state index is 11.4. The summed E-state index contributed by atoms with van der Waals surface area (Å²) in [5.74, 6) is 0.247. The third-order valence-corrected chi connectivity index (χ3v) is 3.56. The Morgan fingerprint density at radius 1 is 1.27 bits per heavy atom. The lowest BCUT2D eigenvalue weighted by molar-refractivity contribution is 0.100. The van der Waals surface area contributed by atoms with E-state index in [1.807, 2.05) is 25.3 Å². The molecule has 0 aliphatic rings. The van der Waals surface area contributed by atoms with Gasteiger partial charge in [0.05, 0.1) is 5.52 Å². The van der Waals surface area contributed by atoms with Crippen molar-refractivity contribution in [2.75, 3.05) is 0 Å². The van der Waals surface area contributed by atoms with Crippen molar-refractivity contribution in [1.82, 2.24) is 24.8 Å². The highest BCUT2D eigenvalue weighted by molar-refractivity contribution is 6.00. The molecule has 7 heteroatoms. The summed E-state index contributed by atoms with van der Waals surface area (Å²) in [7, 11) is 0. The van der Waals surface area contributed by atoms with E-state index in [2.05, 4.69) is 20.3 Å². The molecular weight excluding hydrogens is 280 g/mol. The highest BCUT2D eigenvalue weighted by atomic mass is 16.1. The molecule has 4 aromatic rings. The summed E-state index contributed by atoms with van der Waals surface area (Å²) in [5.41, 5.74) is 9.04.